The third-order valence-electron chi connectivity index (χ3n) is 5.34. The number of halogens is 5. The molecule has 0 aliphatic carbocycles. The smallest absolute Gasteiger partial charge is 0.416 e. The summed E-state index contributed by atoms with van der Waals surface area (Å²) in [5.41, 5.74) is 2.13. The number of fused-ring (bicyclic) bond motifs is 1. The SMILES string of the molecule is Oc1c(Cl)cc(Cl)c2ccc(/C=C/C3=CCN(Cc4cccc(C(F)(F)F)c4)CC3)nc12. The molecular weight excluding hydrogens is 460 g/mol. The maximum absolute atomic E-state index is 12.9. The van der Waals surface area contributed by atoms with Gasteiger partial charge >= 0.3 is 6.18 Å². The van der Waals surface area contributed by atoms with E-state index in [9.17, 15) is 18.3 Å². The molecular formula is C24H19Cl2F3N2O. The average molecular weight is 479 g/mol. The number of phenolic OH excluding ortho intramolecular Hbond substituents is 1. The molecule has 1 aliphatic rings. The van der Waals surface area contributed by atoms with Crippen molar-refractivity contribution in [3.8, 4) is 5.75 Å². The van der Waals surface area contributed by atoms with Crippen molar-refractivity contribution < 1.29 is 18.3 Å². The average Bonchev–Trinajstić information content (AvgIpc) is 2.76. The van der Waals surface area contributed by atoms with Gasteiger partial charge in [0, 0.05) is 25.0 Å². The minimum absolute atomic E-state index is 0.108. The number of rotatable bonds is 4. The van der Waals surface area contributed by atoms with Crippen LogP contribution in [-0.4, -0.2) is 28.1 Å². The van der Waals surface area contributed by atoms with Crippen molar-refractivity contribution in [1.82, 2.24) is 9.88 Å². The molecule has 0 radical (unpaired) electrons. The zero-order valence-corrected chi connectivity index (χ0v) is 18.3. The quantitative estimate of drug-likeness (QED) is 0.433. The Morgan fingerprint density at radius 3 is 2.59 bits per heavy atom. The molecule has 4 rings (SSSR count). The maximum atomic E-state index is 12.9. The monoisotopic (exact) mass is 478 g/mol. The van der Waals surface area contributed by atoms with Crippen LogP contribution in [-0.2, 0) is 12.7 Å². The van der Waals surface area contributed by atoms with Crippen LogP contribution < -0.4 is 0 Å². The Morgan fingerprint density at radius 2 is 1.88 bits per heavy atom. The van der Waals surface area contributed by atoms with Crippen molar-refractivity contribution in [2.75, 3.05) is 13.1 Å². The second kappa shape index (κ2) is 9.14. The van der Waals surface area contributed by atoms with Crippen molar-refractivity contribution in [3.05, 3.63) is 87.1 Å². The molecule has 2 aromatic carbocycles. The molecule has 0 fully saturated rings. The first-order valence-electron chi connectivity index (χ1n) is 9.94. The van der Waals surface area contributed by atoms with Crippen LogP contribution in [0.15, 0.2) is 60.2 Å². The van der Waals surface area contributed by atoms with Gasteiger partial charge in [0.2, 0.25) is 0 Å². The van der Waals surface area contributed by atoms with E-state index in [0.717, 1.165) is 24.6 Å². The van der Waals surface area contributed by atoms with Crippen LogP contribution in [0.3, 0.4) is 0 Å². The predicted octanol–water partition coefficient (Wildman–Crippen LogP) is 7.11. The van der Waals surface area contributed by atoms with Gasteiger partial charge in [-0.05, 0) is 47.9 Å². The number of aromatic nitrogens is 1. The first-order valence-corrected chi connectivity index (χ1v) is 10.7. The molecule has 8 heteroatoms. The summed E-state index contributed by atoms with van der Waals surface area (Å²) in [4.78, 5) is 6.54. The van der Waals surface area contributed by atoms with E-state index >= 15 is 0 Å². The summed E-state index contributed by atoms with van der Waals surface area (Å²) in [5, 5.41) is 11.4. The zero-order valence-electron chi connectivity index (χ0n) is 16.8. The highest BCUT2D eigenvalue weighted by atomic mass is 35.5. The fourth-order valence-electron chi connectivity index (χ4n) is 3.63. The Labute approximate surface area is 193 Å². The van der Waals surface area contributed by atoms with Gasteiger partial charge < -0.3 is 5.11 Å². The van der Waals surface area contributed by atoms with Crippen LogP contribution in [0.1, 0.15) is 23.2 Å². The Bertz CT molecular complexity index is 1220. The molecule has 0 amide bonds. The molecule has 0 atom stereocenters. The molecule has 0 saturated heterocycles. The predicted molar refractivity (Wildman–Crippen MR) is 122 cm³/mol. The van der Waals surface area contributed by atoms with Gasteiger partial charge in [0.05, 0.1) is 21.3 Å². The minimum atomic E-state index is -4.33. The van der Waals surface area contributed by atoms with E-state index in [0.29, 0.717) is 40.3 Å². The number of allylic oxidation sites excluding steroid dienone is 1. The Morgan fingerprint density at radius 1 is 1.06 bits per heavy atom. The van der Waals surface area contributed by atoms with Gasteiger partial charge in [0.15, 0.2) is 5.75 Å². The van der Waals surface area contributed by atoms with Gasteiger partial charge in [-0.1, -0.05) is 53.6 Å². The summed E-state index contributed by atoms with van der Waals surface area (Å²) in [6.07, 6.45) is 2.30. The van der Waals surface area contributed by atoms with Gasteiger partial charge in [-0.15, -0.1) is 0 Å². The fraction of sp³-hybridized carbons (Fsp3) is 0.208. The van der Waals surface area contributed by atoms with Crippen LogP contribution in [0, 0.1) is 0 Å². The minimum Gasteiger partial charge on any atom is -0.504 e. The van der Waals surface area contributed by atoms with E-state index in [2.05, 4.69) is 16.0 Å². The molecule has 1 aliphatic heterocycles. The van der Waals surface area contributed by atoms with Crippen LogP contribution in [0.4, 0.5) is 13.2 Å². The molecule has 1 aromatic heterocycles. The number of pyridine rings is 1. The van der Waals surface area contributed by atoms with Crippen LogP contribution in [0.25, 0.3) is 17.0 Å². The first-order chi connectivity index (χ1) is 15.2. The van der Waals surface area contributed by atoms with Gasteiger partial charge in [-0.3, -0.25) is 4.90 Å². The lowest BCUT2D eigenvalue weighted by Gasteiger charge is -2.25. The van der Waals surface area contributed by atoms with E-state index in [4.69, 9.17) is 23.2 Å². The largest absolute Gasteiger partial charge is 0.504 e. The van der Waals surface area contributed by atoms with Crippen LogP contribution in [0.2, 0.25) is 10.0 Å². The molecule has 2 heterocycles. The molecule has 0 bridgehead atoms. The first kappa shape index (κ1) is 22.6. The number of aromatic hydroxyl groups is 1. The van der Waals surface area contributed by atoms with Gasteiger partial charge in [-0.25, -0.2) is 4.98 Å². The fourth-order valence-corrected chi connectivity index (χ4v) is 4.15. The second-order valence-electron chi connectivity index (χ2n) is 7.62. The Balaban J connectivity index is 1.43. The highest BCUT2D eigenvalue weighted by molar-refractivity contribution is 6.39. The second-order valence-corrected chi connectivity index (χ2v) is 8.43. The van der Waals surface area contributed by atoms with Crippen molar-refractivity contribution >= 4 is 40.2 Å². The summed E-state index contributed by atoms with van der Waals surface area (Å²) < 4.78 is 38.7. The summed E-state index contributed by atoms with van der Waals surface area (Å²) in [7, 11) is 0. The molecule has 166 valence electrons. The third kappa shape index (κ3) is 5.09. The van der Waals surface area contributed by atoms with E-state index in [1.165, 1.54) is 18.2 Å². The molecule has 32 heavy (non-hydrogen) atoms. The van der Waals surface area contributed by atoms with Crippen molar-refractivity contribution in [1.29, 1.82) is 0 Å². The normalized spacial score (nSPS) is 15.5. The highest BCUT2D eigenvalue weighted by Gasteiger charge is 2.30. The number of hydrogen-bond donors (Lipinski definition) is 1. The van der Waals surface area contributed by atoms with Crippen molar-refractivity contribution in [3.63, 3.8) is 0 Å². The number of benzene rings is 2. The molecule has 1 N–H and O–H groups in total. The molecule has 0 unspecified atom stereocenters. The standard InChI is InChI=1S/C24H19Cl2F3N2O/c25-20-13-21(26)23(32)22-19(20)7-6-18(30-22)5-4-15-8-10-31(11-9-15)14-16-2-1-3-17(12-16)24(27,28)29/h1-8,12-13,32H,9-11,14H2/b5-4+. The number of nitrogens with zero attached hydrogens (tertiary/aromatic N) is 2. The van der Waals surface area contributed by atoms with E-state index in [-0.39, 0.29) is 10.8 Å². The zero-order chi connectivity index (χ0) is 22.9. The van der Waals surface area contributed by atoms with Crippen molar-refractivity contribution in [2.24, 2.45) is 0 Å². The Kier molecular flexibility index (Phi) is 6.47. The summed E-state index contributed by atoms with van der Waals surface area (Å²) in [5.74, 6) is -0.108. The van der Waals surface area contributed by atoms with Crippen LogP contribution >= 0.6 is 23.2 Å². The molecule has 0 saturated carbocycles. The number of alkyl halides is 3. The Hall–Kier alpha value is -2.54. The highest BCUT2D eigenvalue weighted by Crippen LogP contribution is 2.36. The summed E-state index contributed by atoms with van der Waals surface area (Å²) in [6, 6.07) is 10.5. The van der Waals surface area contributed by atoms with E-state index < -0.39 is 11.7 Å². The summed E-state index contributed by atoms with van der Waals surface area (Å²) >= 11 is 12.1. The van der Waals surface area contributed by atoms with Crippen LogP contribution in [0.5, 0.6) is 5.75 Å². The van der Waals surface area contributed by atoms with Crippen molar-refractivity contribution in [2.45, 2.75) is 19.1 Å². The maximum Gasteiger partial charge on any atom is 0.416 e. The lowest BCUT2D eigenvalue weighted by atomic mass is 10.1. The molecule has 3 aromatic rings. The van der Waals surface area contributed by atoms with E-state index in [1.54, 1.807) is 18.2 Å². The third-order valence-corrected chi connectivity index (χ3v) is 5.94. The van der Waals surface area contributed by atoms with Gasteiger partial charge in [0.25, 0.3) is 0 Å². The lowest BCUT2D eigenvalue weighted by Crippen LogP contribution is -2.28. The van der Waals surface area contributed by atoms with E-state index in [1.807, 2.05) is 12.2 Å². The topological polar surface area (TPSA) is 36.4 Å². The van der Waals surface area contributed by atoms with Gasteiger partial charge in [-0.2, -0.15) is 13.2 Å². The number of phenols is 1. The lowest BCUT2D eigenvalue weighted by molar-refractivity contribution is -0.137. The number of hydrogen-bond acceptors (Lipinski definition) is 3. The molecule has 0 spiro atoms. The molecule has 3 nitrogen and oxygen atoms in total. The summed E-state index contributed by atoms with van der Waals surface area (Å²) in [6.45, 7) is 1.85. The van der Waals surface area contributed by atoms with Gasteiger partial charge in [0.1, 0.15) is 5.52 Å².